The Balaban J connectivity index is -0.000000173. The van der Waals surface area contributed by atoms with Crippen molar-refractivity contribution < 1.29 is 61.7 Å². The molecule has 0 bridgehead atoms. The van der Waals surface area contributed by atoms with E-state index in [9.17, 15) is 26.3 Å². The predicted molar refractivity (Wildman–Crippen MR) is 22.9 cm³/mol. The normalized spacial score (nSPS) is 11.4. The van der Waals surface area contributed by atoms with Crippen LogP contribution >= 0.6 is 0 Å². The Hall–Kier alpha value is 0.230. The van der Waals surface area contributed by atoms with Crippen LogP contribution in [0.25, 0.3) is 0 Å². The van der Waals surface area contributed by atoms with Crippen molar-refractivity contribution in [1.29, 1.82) is 0 Å². The van der Waals surface area contributed by atoms with Crippen molar-refractivity contribution in [1.82, 2.24) is 0 Å². The summed E-state index contributed by atoms with van der Waals surface area (Å²) in [5, 5.41) is 0. The first-order chi connectivity index (χ1) is 4.98. The zero-order chi connectivity index (χ0) is 10.6. The first-order valence-corrected chi connectivity index (χ1v) is 3.33. The molecule has 0 atom stereocenters. The van der Waals surface area contributed by atoms with Crippen LogP contribution in [0.3, 0.4) is 0 Å². The molecule has 0 aliphatic rings. The molecule has 13 heavy (non-hydrogen) atoms. The summed E-state index contributed by atoms with van der Waals surface area (Å²) in [6, 6.07) is 0. The molecule has 0 aromatic carbocycles. The Bertz CT molecular complexity index is 206. The van der Waals surface area contributed by atoms with Crippen LogP contribution in [-0.4, -0.2) is 25.2 Å². The quantitative estimate of drug-likeness (QED) is 0.291. The van der Waals surface area contributed by atoms with E-state index in [2.05, 4.69) is 0 Å². The Morgan fingerprint density at radius 2 is 1.15 bits per heavy atom. The van der Waals surface area contributed by atoms with E-state index in [1.54, 1.807) is 0 Å². The predicted octanol–water partition coefficient (Wildman–Crippen LogP) is 1.23. The van der Waals surface area contributed by atoms with Crippen molar-refractivity contribution in [3.05, 3.63) is 0 Å². The maximum atomic E-state index is 10.7. The molecule has 0 radical (unpaired) electrons. The molecule has 0 aromatic rings. The number of rotatable bonds is 0. The SMILES string of the molecule is FC(F)F.O=S(=O)([O-])C(F)(F)F.[Ag+]. The van der Waals surface area contributed by atoms with Crippen molar-refractivity contribution >= 4 is 10.1 Å². The second-order valence-electron chi connectivity index (χ2n) is 1.15. The van der Waals surface area contributed by atoms with Gasteiger partial charge < -0.3 is 4.55 Å². The van der Waals surface area contributed by atoms with E-state index in [1.165, 1.54) is 0 Å². The zero-order valence-corrected chi connectivity index (χ0v) is 7.58. The summed E-state index contributed by atoms with van der Waals surface area (Å²) in [5.41, 5.74) is -5.65. The van der Waals surface area contributed by atoms with E-state index >= 15 is 0 Å². The Labute approximate surface area is 84.4 Å². The monoisotopic (exact) mass is 326 g/mol. The van der Waals surface area contributed by atoms with E-state index in [1.807, 2.05) is 0 Å². The van der Waals surface area contributed by atoms with Crippen LogP contribution in [0, 0.1) is 0 Å². The fourth-order valence-corrected chi connectivity index (χ4v) is 0. The summed E-state index contributed by atoms with van der Waals surface area (Å²) >= 11 is 0. The summed E-state index contributed by atoms with van der Waals surface area (Å²) in [6.07, 6.45) is 0. The van der Waals surface area contributed by atoms with E-state index < -0.39 is 22.3 Å². The molecule has 0 aliphatic heterocycles. The van der Waals surface area contributed by atoms with E-state index in [-0.39, 0.29) is 22.4 Å². The molecule has 0 fully saturated rings. The Morgan fingerprint density at radius 3 is 1.15 bits per heavy atom. The van der Waals surface area contributed by atoms with E-state index in [4.69, 9.17) is 13.0 Å². The minimum atomic E-state index is -6.09. The number of halogens is 6. The van der Waals surface area contributed by atoms with Gasteiger partial charge in [-0.15, -0.1) is 0 Å². The molecule has 86 valence electrons. The van der Waals surface area contributed by atoms with Gasteiger partial charge in [0.15, 0.2) is 10.1 Å². The third-order valence-corrected chi connectivity index (χ3v) is 0.850. The number of hydrogen-bond acceptors (Lipinski definition) is 3. The molecule has 0 unspecified atom stereocenters. The van der Waals surface area contributed by atoms with E-state index in [0.717, 1.165) is 0 Å². The van der Waals surface area contributed by atoms with Gasteiger partial charge in [-0.05, 0) is 0 Å². The van der Waals surface area contributed by atoms with Crippen LogP contribution in [0.5, 0.6) is 0 Å². The van der Waals surface area contributed by atoms with Gasteiger partial charge in [0.1, 0.15) is 0 Å². The second-order valence-corrected chi connectivity index (χ2v) is 2.52. The van der Waals surface area contributed by atoms with Gasteiger partial charge in [-0.3, -0.25) is 0 Å². The van der Waals surface area contributed by atoms with Gasteiger partial charge in [0.05, 0.1) is 0 Å². The molecular formula is C2HAgF6O3S. The smallest absolute Gasteiger partial charge is 0.741 e. The zero-order valence-electron chi connectivity index (χ0n) is 5.28. The Kier molecular flexibility index (Phi) is 9.67. The number of hydrogen-bond donors (Lipinski definition) is 0. The van der Waals surface area contributed by atoms with Crippen molar-refractivity contribution in [2.75, 3.05) is 0 Å². The average Bonchev–Trinajstić information content (AvgIpc) is 1.55. The van der Waals surface area contributed by atoms with Crippen molar-refractivity contribution in [3.8, 4) is 0 Å². The Morgan fingerprint density at radius 1 is 1.08 bits per heavy atom. The van der Waals surface area contributed by atoms with Gasteiger partial charge in [0.2, 0.25) is 0 Å². The van der Waals surface area contributed by atoms with Crippen molar-refractivity contribution in [3.63, 3.8) is 0 Å². The molecule has 0 amide bonds. The third-order valence-electron chi connectivity index (χ3n) is 0.283. The molecule has 0 heterocycles. The fourth-order valence-electron chi connectivity index (χ4n) is 0. The van der Waals surface area contributed by atoms with Crippen LogP contribution in [0.2, 0.25) is 0 Å². The van der Waals surface area contributed by atoms with Gasteiger partial charge in [0, 0.05) is 0 Å². The first kappa shape index (κ1) is 18.9. The van der Waals surface area contributed by atoms with Gasteiger partial charge in [0.25, 0.3) is 0 Å². The van der Waals surface area contributed by atoms with Crippen LogP contribution < -0.4 is 0 Å². The molecule has 0 aromatic heterocycles. The first-order valence-electron chi connectivity index (χ1n) is 1.93. The largest absolute Gasteiger partial charge is 1.00 e. The molecule has 11 heteroatoms. The molecule has 0 spiro atoms. The van der Waals surface area contributed by atoms with Crippen LogP contribution in [0.15, 0.2) is 0 Å². The molecular weight excluding hydrogens is 326 g/mol. The summed E-state index contributed by atoms with van der Waals surface area (Å²) < 4.78 is 87.9. The molecule has 0 rings (SSSR count). The maximum Gasteiger partial charge on any atom is 1.00 e. The molecule has 3 nitrogen and oxygen atoms in total. The van der Waals surface area contributed by atoms with E-state index in [0.29, 0.717) is 0 Å². The molecule has 0 saturated heterocycles. The van der Waals surface area contributed by atoms with Crippen LogP contribution in [0.4, 0.5) is 26.3 Å². The fraction of sp³-hybridized carbons (Fsp3) is 1.00. The average molecular weight is 327 g/mol. The molecule has 0 saturated carbocycles. The summed E-state index contributed by atoms with van der Waals surface area (Å²) in [7, 11) is -6.09. The van der Waals surface area contributed by atoms with Gasteiger partial charge >= 0.3 is 34.6 Å². The van der Waals surface area contributed by atoms with Crippen molar-refractivity contribution in [2.24, 2.45) is 0 Å². The summed E-state index contributed by atoms with van der Waals surface area (Å²) in [5.74, 6) is 0. The third kappa shape index (κ3) is 15.0. The van der Waals surface area contributed by atoms with Crippen molar-refractivity contribution in [2.45, 2.75) is 12.2 Å². The van der Waals surface area contributed by atoms with Crippen LogP contribution in [0.1, 0.15) is 0 Å². The molecule has 0 N–H and O–H groups in total. The van der Waals surface area contributed by atoms with Gasteiger partial charge in [-0.2, -0.15) is 26.3 Å². The molecule has 0 aliphatic carbocycles. The minimum absolute atomic E-state index is 0. The maximum absolute atomic E-state index is 10.7. The topological polar surface area (TPSA) is 57.2 Å². The number of alkyl halides is 6. The summed E-state index contributed by atoms with van der Waals surface area (Å²) in [6.45, 7) is -3.67. The van der Waals surface area contributed by atoms with Gasteiger partial charge in [-0.25, -0.2) is 8.42 Å². The minimum Gasteiger partial charge on any atom is -0.741 e. The van der Waals surface area contributed by atoms with Gasteiger partial charge in [-0.1, -0.05) is 0 Å². The summed E-state index contributed by atoms with van der Waals surface area (Å²) in [4.78, 5) is 0. The second kappa shape index (κ2) is 6.65. The standard InChI is InChI=1S/CHF3O3S.CHF3.Ag/c2-1(3,4)8(5,6)7;2-1(3)4;/h(H,5,6,7);1H;/q;;+1/p-1. The van der Waals surface area contributed by atoms with Crippen LogP contribution in [-0.2, 0) is 32.5 Å².